The van der Waals surface area contributed by atoms with E-state index in [0.717, 1.165) is 24.8 Å². The molecule has 2 aliphatic rings. The number of fused-ring (bicyclic) bond motifs is 2. The van der Waals surface area contributed by atoms with E-state index in [9.17, 15) is 15.0 Å². The quantitative estimate of drug-likeness (QED) is 0.861. The van der Waals surface area contributed by atoms with Crippen molar-refractivity contribution in [3.63, 3.8) is 0 Å². The van der Waals surface area contributed by atoms with Gasteiger partial charge in [-0.05, 0) is 43.1 Å². The number of carbonyl (C=O) groups is 1. The third-order valence-electron chi connectivity index (χ3n) is 4.74. The average Bonchev–Trinajstić information content (AvgIpc) is 2.89. The Morgan fingerprint density at radius 1 is 1.28 bits per heavy atom. The molecule has 0 saturated heterocycles. The maximum Gasteiger partial charge on any atom is 0.313 e. The van der Waals surface area contributed by atoms with Crippen molar-refractivity contribution in [3.8, 4) is 0 Å². The van der Waals surface area contributed by atoms with E-state index in [-0.39, 0.29) is 5.92 Å². The highest BCUT2D eigenvalue weighted by atomic mass is 16.4. The van der Waals surface area contributed by atoms with Crippen LogP contribution in [0.5, 0.6) is 0 Å². The van der Waals surface area contributed by atoms with E-state index >= 15 is 0 Å². The van der Waals surface area contributed by atoms with Crippen LogP contribution in [0.2, 0.25) is 0 Å². The van der Waals surface area contributed by atoms with Crippen molar-refractivity contribution in [3.05, 3.63) is 35.9 Å². The van der Waals surface area contributed by atoms with Gasteiger partial charge in [-0.1, -0.05) is 30.3 Å². The van der Waals surface area contributed by atoms with Gasteiger partial charge in [0.05, 0.1) is 5.60 Å². The molecule has 0 aliphatic heterocycles. The summed E-state index contributed by atoms with van der Waals surface area (Å²) >= 11 is 0. The molecule has 96 valence electrons. The van der Waals surface area contributed by atoms with E-state index < -0.39 is 17.5 Å². The molecule has 0 amide bonds. The molecule has 0 aromatic heterocycles. The molecule has 2 N–H and O–H groups in total. The summed E-state index contributed by atoms with van der Waals surface area (Å²) < 4.78 is 0. The second kappa shape index (κ2) is 4.09. The Morgan fingerprint density at radius 3 is 2.50 bits per heavy atom. The van der Waals surface area contributed by atoms with Crippen LogP contribution in [-0.2, 0) is 4.79 Å². The Kier molecular flexibility index (Phi) is 2.67. The molecule has 0 spiro atoms. The minimum Gasteiger partial charge on any atom is -0.481 e. The molecular weight excluding hydrogens is 228 g/mol. The van der Waals surface area contributed by atoms with Gasteiger partial charge in [-0.15, -0.1) is 0 Å². The van der Waals surface area contributed by atoms with Crippen LogP contribution >= 0.6 is 0 Å². The Hall–Kier alpha value is -1.35. The molecule has 18 heavy (non-hydrogen) atoms. The van der Waals surface area contributed by atoms with Crippen LogP contribution in [0, 0.1) is 11.8 Å². The molecule has 1 aromatic rings. The van der Waals surface area contributed by atoms with Gasteiger partial charge in [0.15, 0.2) is 0 Å². The SMILES string of the molecule is O=C(O)[C@@H](c1ccccc1)[C@@]1(O)C[C@H]2CC[C@@H]1C2. The Bertz CT molecular complexity index is 456. The molecule has 0 radical (unpaired) electrons. The van der Waals surface area contributed by atoms with E-state index in [1.165, 1.54) is 0 Å². The van der Waals surface area contributed by atoms with E-state index in [2.05, 4.69) is 0 Å². The molecule has 3 rings (SSSR count). The molecule has 3 heteroatoms. The zero-order valence-electron chi connectivity index (χ0n) is 10.2. The number of carboxylic acid groups (broad SMARTS) is 1. The van der Waals surface area contributed by atoms with Crippen molar-refractivity contribution in [1.29, 1.82) is 0 Å². The van der Waals surface area contributed by atoms with Gasteiger partial charge in [0, 0.05) is 0 Å². The van der Waals surface area contributed by atoms with Crippen LogP contribution in [0.1, 0.15) is 37.2 Å². The molecule has 2 saturated carbocycles. The molecule has 1 aromatic carbocycles. The van der Waals surface area contributed by atoms with Gasteiger partial charge in [-0.25, -0.2) is 0 Å². The molecule has 0 unspecified atom stereocenters. The van der Waals surface area contributed by atoms with E-state index in [0.29, 0.717) is 12.3 Å². The third-order valence-corrected chi connectivity index (χ3v) is 4.74. The molecule has 0 heterocycles. The fraction of sp³-hybridized carbons (Fsp3) is 0.533. The first kappa shape index (κ1) is 11.7. The van der Waals surface area contributed by atoms with Gasteiger partial charge in [0.2, 0.25) is 0 Å². The van der Waals surface area contributed by atoms with Crippen LogP contribution in [0.25, 0.3) is 0 Å². The summed E-state index contributed by atoms with van der Waals surface area (Å²) in [5.41, 5.74) is -0.323. The molecular formula is C15H18O3. The fourth-order valence-electron chi connectivity index (χ4n) is 3.99. The minimum atomic E-state index is -1.05. The van der Waals surface area contributed by atoms with E-state index in [1.54, 1.807) is 0 Å². The third kappa shape index (κ3) is 1.65. The molecule has 2 fully saturated rings. The zero-order chi connectivity index (χ0) is 12.8. The molecule has 2 aliphatic carbocycles. The monoisotopic (exact) mass is 246 g/mol. The van der Waals surface area contributed by atoms with Crippen LogP contribution in [0.3, 0.4) is 0 Å². The Balaban J connectivity index is 1.98. The lowest BCUT2D eigenvalue weighted by Gasteiger charge is -2.37. The van der Waals surface area contributed by atoms with Crippen molar-refractivity contribution in [2.24, 2.45) is 11.8 Å². The summed E-state index contributed by atoms with van der Waals surface area (Å²) in [5, 5.41) is 20.4. The summed E-state index contributed by atoms with van der Waals surface area (Å²) in [5.74, 6) is -1.01. The number of rotatable bonds is 3. The van der Waals surface area contributed by atoms with Crippen molar-refractivity contribution >= 4 is 5.97 Å². The summed E-state index contributed by atoms with van der Waals surface area (Å²) in [4.78, 5) is 11.6. The Morgan fingerprint density at radius 2 is 2.00 bits per heavy atom. The van der Waals surface area contributed by atoms with Crippen molar-refractivity contribution in [2.45, 2.75) is 37.2 Å². The fourth-order valence-corrected chi connectivity index (χ4v) is 3.99. The summed E-state index contributed by atoms with van der Waals surface area (Å²) in [6.07, 6.45) is 3.75. The Labute approximate surface area is 106 Å². The lowest BCUT2D eigenvalue weighted by Crippen LogP contribution is -2.45. The first-order valence-corrected chi connectivity index (χ1v) is 6.61. The summed E-state index contributed by atoms with van der Waals surface area (Å²) in [7, 11) is 0. The number of aliphatic hydroxyl groups is 1. The minimum absolute atomic E-state index is 0.156. The second-order valence-corrected chi connectivity index (χ2v) is 5.75. The van der Waals surface area contributed by atoms with Gasteiger partial charge in [-0.3, -0.25) is 4.79 Å². The van der Waals surface area contributed by atoms with Crippen LogP contribution in [0.15, 0.2) is 30.3 Å². The normalized spacial score (nSPS) is 35.6. The number of hydrogen-bond acceptors (Lipinski definition) is 2. The van der Waals surface area contributed by atoms with Crippen LogP contribution in [-0.4, -0.2) is 21.8 Å². The topological polar surface area (TPSA) is 57.5 Å². The lowest BCUT2D eigenvalue weighted by atomic mass is 9.72. The predicted octanol–water partition coefficient (Wildman–Crippen LogP) is 2.41. The first-order chi connectivity index (χ1) is 8.61. The number of carboxylic acids is 1. The van der Waals surface area contributed by atoms with Gasteiger partial charge in [-0.2, -0.15) is 0 Å². The highest BCUT2D eigenvalue weighted by Crippen LogP contribution is 2.55. The predicted molar refractivity (Wildman–Crippen MR) is 67.2 cm³/mol. The summed E-state index contributed by atoms with van der Waals surface area (Å²) in [6, 6.07) is 9.16. The van der Waals surface area contributed by atoms with Gasteiger partial charge < -0.3 is 10.2 Å². The summed E-state index contributed by atoms with van der Waals surface area (Å²) in [6.45, 7) is 0. The highest BCUT2D eigenvalue weighted by molar-refractivity contribution is 5.78. The molecule has 4 atom stereocenters. The molecule has 3 nitrogen and oxygen atoms in total. The number of hydrogen-bond donors (Lipinski definition) is 2. The lowest BCUT2D eigenvalue weighted by molar-refractivity contribution is -0.149. The zero-order valence-corrected chi connectivity index (χ0v) is 10.2. The average molecular weight is 246 g/mol. The highest BCUT2D eigenvalue weighted by Gasteiger charge is 2.56. The smallest absolute Gasteiger partial charge is 0.313 e. The van der Waals surface area contributed by atoms with Crippen molar-refractivity contribution in [1.82, 2.24) is 0 Å². The second-order valence-electron chi connectivity index (χ2n) is 5.75. The van der Waals surface area contributed by atoms with E-state index in [4.69, 9.17) is 0 Å². The number of benzene rings is 1. The van der Waals surface area contributed by atoms with Crippen molar-refractivity contribution in [2.75, 3.05) is 0 Å². The first-order valence-electron chi connectivity index (χ1n) is 6.61. The van der Waals surface area contributed by atoms with Crippen LogP contribution < -0.4 is 0 Å². The standard InChI is InChI=1S/C15H18O3/c16-14(17)13(11-4-2-1-3-5-11)15(18)9-10-6-7-12(15)8-10/h1-5,10,12-13,18H,6-9H2,(H,16,17)/t10-,12+,13+,15+/m0/s1. The van der Waals surface area contributed by atoms with Gasteiger partial charge in [0.25, 0.3) is 0 Å². The number of aliphatic carboxylic acids is 1. The maximum absolute atomic E-state index is 11.6. The van der Waals surface area contributed by atoms with Crippen molar-refractivity contribution < 1.29 is 15.0 Å². The van der Waals surface area contributed by atoms with Gasteiger partial charge in [0.1, 0.15) is 5.92 Å². The largest absolute Gasteiger partial charge is 0.481 e. The van der Waals surface area contributed by atoms with Crippen LogP contribution in [0.4, 0.5) is 0 Å². The maximum atomic E-state index is 11.6. The van der Waals surface area contributed by atoms with Gasteiger partial charge >= 0.3 is 5.97 Å². The molecule has 2 bridgehead atoms. The van der Waals surface area contributed by atoms with E-state index in [1.807, 2.05) is 30.3 Å².